The normalized spacial score (nSPS) is 11.6. The monoisotopic (exact) mass is 331 g/mol. The number of benzene rings is 1. The first-order valence-electron chi connectivity index (χ1n) is 8.18. The van der Waals surface area contributed by atoms with Crippen LogP contribution < -0.4 is 0 Å². The van der Waals surface area contributed by atoms with Gasteiger partial charge in [0.1, 0.15) is 0 Å². The van der Waals surface area contributed by atoms with Crippen LogP contribution in [0.1, 0.15) is 36.4 Å². The van der Waals surface area contributed by atoms with E-state index in [0.717, 1.165) is 34.6 Å². The second-order valence-corrected chi connectivity index (χ2v) is 5.65. The zero-order chi connectivity index (χ0) is 18.4. The van der Waals surface area contributed by atoms with Gasteiger partial charge < -0.3 is 14.6 Å². The third kappa shape index (κ3) is 3.85. The Labute approximate surface area is 149 Å². The molecule has 0 saturated carbocycles. The van der Waals surface area contributed by atoms with Gasteiger partial charge in [0, 0.05) is 5.69 Å². The lowest BCUT2D eigenvalue weighted by Crippen LogP contribution is -2.13. The van der Waals surface area contributed by atoms with Crippen molar-refractivity contribution in [2.75, 3.05) is 0 Å². The molecule has 2 N–H and O–H groups in total. The third-order valence-electron chi connectivity index (χ3n) is 4.02. The molecule has 1 aromatic carbocycles. The van der Waals surface area contributed by atoms with E-state index in [-0.39, 0.29) is 0 Å². The summed E-state index contributed by atoms with van der Waals surface area (Å²) in [4.78, 5) is 0. The average Bonchev–Trinajstić information content (AvgIpc) is 2.92. The first-order chi connectivity index (χ1) is 12.0. The van der Waals surface area contributed by atoms with Gasteiger partial charge in [-0.25, -0.2) is 0 Å². The van der Waals surface area contributed by atoms with E-state index < -0.39 is 7.12 Å². The van der Waals surface area contributed by atoms with Crippen molar-refractivity contribution in [3.63, 3.8) is 0 Å². The van der Waals surface area contributed by atoms with Crippen LogP contribution in [-0.4, -0.2) is 21.7 Å². The van der Waals surface area contributed by atoms with Crippen LogP contribution in [0.4, 0.5) is 0 Å². The van der Waals surface area contributed by atoms with Gasteiger partial charge in [0.15, 0.2) is 0 Å². The molecule has 0 aliphatic carbocycles. The molecule has 2 rings (SSSR count). The van der Waals surface area contributed by atoms with E-state index in [4.69, 9.17) is 6.42 Å². The number of para-hydroxylation sites is 1. The van der Waals surface area contributed by atoms with E-state index in [9.17, 15) is 10.0 Å². The molecule has 3 nitrogen and oxygen atoms in total. The van der Waals surface area contributed by atoms with Crippen LogP contribution in [0, 0.1) is 12.3 Å². The first-order valence-corrected chi connectivity index (χ1v) is 8.18. The number of terminal acetylenes is 1. The van der Waals surface area contributed by atoms with Crippen molar-refractivity contribution >= 4 is 19.3 Å². The summed E-state index contributed by atoms with van der Waals surface area (Å²) in [5, 5.41) is 19.0. The van der Waals surface area contributed by atoms with Crippen molar-refractivity contribution in [1.82, 2.24) is 4.57 Å². The van der Waals surface area contributed by atoms with Gasteiger partial charge in [0.05, 0.1) is 17.0 Å². The van der Waals surface area contributed by atoms with Crippen LogP contribution in [0.5, 0.6) is 0 Å². The molecule has 0 amide bonds. The summed E-state index contributed by atoms with van der Waals surface area (Å²) in [7, 11) is -1.53. The molecule has 2 aromatic rings. The highest BCUT2D eigenvalue weighted by atomic mass is 16.4. The highest BCUT2D eigenvalue weighted by Crippen LogP contribution is 2.30. The maximum absolute atomic E-state index is 9.48. The molecule has 4 heteroatoms. The molecular formula is C21H22BNO2. The van der Waals surface area contributed by atoms with Gasteiger partial charge >= 0.3 is 7.12 Å². The summed E-state index contributed by atoms with van der Waals surface area (Å²) >= 11 is 0. The van der Waals surface area contributed by atoms with Crippen LogP contribution in [0.3, 0.4) is 0 Å². The fourth-order valence-corrected chi connectivity index (χ4v) is 2.79. The SMILES string of the molecule is C#Cc1c(CC)c(/C=C\C=C)n(-c2ccccc2)c1/C=C(\C)B(O)O. The zero-order valence-electron chi connectivity index (χ0n) is 14.6. The van der Waals surface area contributed by atoms with Crippen LogP contribution in [0.2, 0.25) is 0 Å². The first kappa shape index (κ1) is 18.6. The summed E-state index contributed by atoms with van der Waals surface area (Å²) in [6.45, 7) is 7.46. The lowest BCUT2D eigenvalue weighted by atomic mass is 9.80. The summed E-state index contributed by atoms with van der Waals surface area (Å²) < 4.78 is 2.04. The molecule has 1 aromatic heterocycles. The van der Waals surface area contributed by atoms with Crippen molar-refractivity contribution in [3.8, 4) is 18.0 Å². The van der Waals surface area contributed by atoms with Gasteiger partial charge in [0.25, 0.3) is 0 Å². The molecule has 0 spiro atoms. The van der Waals surface area contributed by atoms with E-state index in [2.05, 4.69) is 19.4 Å². The van der Waals surface area contributed by atoms with Gasteiger partial charge in [0.2, 0.25) is 0 Å². The molecule has 0 atom stereocenters. The van der Waals surface area contributed by atoms with E-state index in [0.29, 0.717) is 5.47 Å². The Morgan fingerprint density at radius 3 is 2.48 bits per heavy atom. The van der Waals surface area contributed by atoms with Crippen molar-refractivity contribution in [3.05, 3.63) is 77.1 Å². The smallest absolute Gasteiger partial charge is 0.423 e. The predicted molar refractivity (Wildman–Crippen MR) is 106 cm³/mol. The third-order valence-corrected chi connectivity index (χ3v) is 4.02. The zero-order valence-corrected chi connectivity index (χ0v) is 14.6. The maximum atomic E-state index is 9.48. The Bertz CT molecular complexity index is 852. The highest BCUT2D eigenvalue weighted by Gasteiger charge is 2.20. The van der Waals surface area contributed by atoms with E-state index in [1.807, 2.05) is 47.1 Å². The van der Waals surface area contributed by atoms with Crippen molar-refractivity contribution in [1.29, 1.82) is 0 Å². The van der Waals surface area contributed by atoms with Gasteiger partial charge in [-0.2, -0.15) is 0 Å². The topological polar surface area (TPSA) is 45.4 Å². The second-order valence-electron chi connectivity index (χ2n) is 5.65. The Morgan fingerprint density at radius 2 is 1.96 bits per heavy atom. The molecule has 0 unspecified atom stereocenters. The minimum atomic E-state index is -1.53. The minimum Gasteiger partial charge on any atom is -0.423 e. The van der Waals surface area contributed by atoms with Crippen molar-refractivity contribution < 1.29 is 10.0 Å². The van der Waals surface area contributed by atoms with Crippen LogP contribution in [-0.2, 0) is 6.42 Å². The molecule has 0 saturated heterocycles. The maximum Gasteiger partial charge on any atom is 0.483 e. The highest BCUT2D eigenvalue weighted by molar-refractivity contribution is 6.51. The molecule has 0 radical (unpaired) electrons. The number of aromatic nitrogens is 1. The van der Waals surface area contributed by atoms with Crippen LogP contribution in [0.15, 0.2) is 54.5 Å². The second kappa shape index (κ2) is 8.39. The summed E-state index contributed by atoms with van der Waals surface area (Å²) in [6.07, 6.45) is 13.9. The van der Waals surface area contributed by atoms with Gasteiger partial charge in [-0.15, -0.1) is 6.42 Å². The quantitative estimate of drug-likeness (QED) is 0.482. The fraction of sp³-hybridized carbons (Fsp3) is 0.143. The van der Waals surface area contributed by atoms with Gasteiger partial charge in [-0.05, 0) is 48.7 Å². The van der Waals surface area contributed by atoms with Crippen molar-refractivity contribution in [2.45, 2.75) is 20.3 Å². The lowest BCUT2D eigenvalue weighted by Gasteiger charge is -2.11. The molecule has 126 valence electrons. The van der Waals surface area contributed by atoms with Crippen LogP contribution >= 0.6 is 0 Å². The van der Waals surface area contributed by atoms with E-state index in [1.165, 1.54) is 0 Å². The molecule has 0 fully saturated rings. The van der Waals surface area contributed by atoms with E-state index in [1.54, 1.807) is 19.1 Å². The number of rotatable bonds is 6. The minimum absolute atomic E-state index is 0.424. The fourth-order valence-electron chi connectivity index (χ4n) is 2.79. The Morgan fingerprint density at radius 1 is 1.28 bits per heavy atom. The molecule has 0 bridgehead atoms. The number of hydrogen-bond donors (Lipinski definition) is 2. The summed E-state index contributed by atoms with van der Waals surface area (Å²) in [6, 6.07) is 9.85. The summed E-state index contributed by atoms with van der Waals surface area (Å²) in [5.74, 6) is 2.78. The van der Waals surface area contributed by atoms with Crippen LogP contribution in [0.25, 0.3) is 17.8 Å². The van der Waals surface area contributed by atoms with E-state index >= 15 is 0 Å². The van der Waals surface area contributed by atoms with Crippen molar-refractivity contribution in [2.24, 2.45) is 0 Å². The molecule has 1 heterocycles. The average molecular weight is 331 g/mol. The largest absolute Gasteiger partial charge is 0.483 e. The molecule has 25 heavy (non-hydrogen) atoms. The lowest BCUT2D eigenvalue weighted by molar-refractivity contribution is 0.419. The van der Waals surface area contributed by atoms with Gasteiger partial charge in [-0.3, -0.25) is 0 Å². The number of allylic oxidation sites excluding steroid dienone is 3. The molecular weight excluding hydrogens is 309 g/mol. The molecule has 0 aliphatic heterocycles. The Balaban J connectivity index is 2.91. The predicted octanol–water partition coefficient (Wildman–Crippen LogP) is 3.64. The number of nitrogens with zero attached hydrogens (tertiary/aromatic N) is 1. The Hall–Kier alpha value is -2.74. The number of hydrogen-bond acceptors (Lipinski definition) is 2. The van der Waals surface area contributed by atoms with Gasteiger partial charge in [-0.1, -0.05) is 49.8 Å². The molecule has 0 aliphatic rings. The standard InChI is InChI=1S/C21H22BNO2/c1-5-8-14-20-18(6-2)19(7-3)21(15-16(4)22(24)25)23(20)17-12-10-9-11-13-17/h3,5,8-15,24-25H,1,6H2,2,4H3/b14-8-,16-15+. The Kier molecular flexibility index (Phi) is 6.24. The summed E-state index contributed by atoms with van der Waals surface area (Å²) in [5.41, 5.74) is 4.90.